The summed E-state index contributed by atoms with van der Waals surface area (Å²) in [7, 11) is 0. The Morgan fingerprint density at radius 2 is 1.78 bits per heavy atom. The standard InChI is InChI=1S/C27H34N4O5/c1-17(2)14-21-26(34)28-12-13-36-23-11-7-6-10-20(23)25(33)31-22(15-24(32)30-21)27(35)29-16-19-9-5-4-8-18(19)3/h4-11,17,21-22H,12-16H2,1-3H3,(H,28,34)(H,29,35)(H,30,32)(H,31,33)/t21-,22+/m1/s1. The van der Waals surface area contributed by atoms with Crippen molar-refractivity contribution in [1.82, 2.24) is 21.3 Å². The number of benzene rings is 2. The van der Waals surface area contributed by atoms with Crippen LogP contribution in [0.3, 0.4) is 0 Å². The number of fused-ring (bicyclic) bond motifs is 1. The number of hydrogen-bond acceptors (Lipinski definition) is 5. The van der Waals surface area contributed by atoms with E-state index in [0.29, 0.717) is 12.2 Å². The van der Waals surface area contributed by atoms with Gasteiger partial charge in [-0.3, -0.25) is 19.2 Å². The van der Waals surface area contributed by atoms with Gasteiger partial charge >= 0.3 is 0 Å². The molecule has 0 aromatic heterocycles. The number of ether oxygens (including phenoxy) is 1. The summed E-state index contributed by atoms with van der Waals surface area (Å²) in [5, 5.41) is 11.0. The Kier molecular flexibility index (Phi) is 9.44. The number of nitrogens with one attached hydrogen (secondary N) is 4. The highest BCUT2D eigenvalue weighted by molar-refractivity contribution is 6.01. The third-order valence-electron chi connectivity index (χ3n) is 5.88. The normalized spacial score (nSPS) is 19.2. The highest BCUT2D eigenvalue weighted by Gasteiger charge is 2.29. The number of rotatable bonds is 5. The van der Waals surface area contributed by atoms with E-state index in [9.17, 15) is 19.2 Å². The van der Waals surface area contributed by atoms with Gasteiger partial charge in [0.1, 0.15) is 24.4 Å². The highest BCUT2D eigenvalue weighted by Crippen LogP contribution is 2.18. The Bertz CT molecular complexity index is 1100. The fourth-order valence-corrected chi connectivity index (χ4v) is 3.94. The average molecular weight is 495 g/mol. The third kappa shape index (κ3) is 7.56. The molecule has 1 heterocycles. The van der Waals surface area contributed by atoms with Crippen LogP contribution in [-0.4, -0.2) is 48.9 Å². The van der Waals surface area contributed by atoms with Crippen molar-refractivity contribution in [3.63, 3.8) is 0 Å². The first-order chi connectivity index (χ1) is 17.2. The molecule has 0 aliphatic carbocycles. The molecule has 2 aromatic rings. The summed E-state index contributed by atoms with van der Waals surface area (Å²) in [5.74, 6) is -1.39. The summed E-state index contributed by atoms with van der Waals surface area (Å²) in [6, 6.07) is 12.3. The van der Waals surface area contributed by atoms with Crippen LogP contribution >= 0.6 is 0 Å². The van der Waals surface area contributed by atoms with Crippen LogP contribution in [0.15, 0.2) is 48.5 Å². The molecular weight excluding hydrogens is 460 g/mol. The van der Waals surface area contributed by atoms with E-state index in [4.69, 9.17) is 4.74 Å². The maximum atomic E-state index is 13.1. The third-order valence-corrected chi connectivity index (χ3v) is 5.88. The highest BCUT2D eigenvalue weighted by atomic mass is 16.5. The van der Waals surface area contributed by atoms with E-state index in [1.165, 1.54) is 0 Å². The van der Waals surface area contributed by atoms with Crippen molar-refractivity contribution in [2.24, 2.45) is 5.92 Å². The largest absolute Gasteiger partial charge is 0.491 e. The number of carbonyl (C=O) groups excluding carboxylic acids is 4. The minimum Gasteiger partial charge on any atom is -0.491 e. The van der Waals surface area contributed by atoms with Crippen LogP contribution in [0.2, 0.25) is 0 Å². The Morgan fingerprint density at radius 3 is 2.53 bits per heavy atom. The number of amides is 4. The van der Waals surface area contributed by atoms with Crippen LogP contribution in [-0.2, 0) is 20.9 Å². The zero-order valence-corrected chi connectivity index (χ0v) is 20.9. The Hall–Kier alpha value is -3.88. The lowest BCUT2D eigenvalue weighted by molar-refractivity contribution is -0.131. The molecule has 0 saturated carbocycles. The first-order valence-electron chi connectivity index (χ1n) is 12.2. The van der Waals surface area contributed by atoms with Crippen molar-refractivity contribution in [2.45, 2.75) is 52.2 Å². The molecule has 9 heteroatoms. The molecule has 0 unspecified atom stereocenters. The molecule has 4 N–H and O–H groups in total. The van der Waals surface area contributed by atoms with Crippen molar-refractivity contribution in [1.29, 1.82) is 0 Å². The van der Waals surface area contributed by atoms with Gasteiger partial charge in [-0.25, -0.2) is 0 Å². The Morgan fingerprint density at radius 1 is 1.06 bits per heavy atom. The second-order valence-corrected chi connectivity index (χ2v) is 9.26. The van der Waals surface area contributed by atoms with Crippen molar-refractivity contribution in [3.05, 3.63) is 65.2 Å². The van der Waals surface area contributed by atoms with Crippen molar-refractivity contribution < 1.29 is 23.9 Å². The lowest BCUT2D eigenvalue weighted by Crippen LogP contribution is -2.52. The number of aryl methyl sites for hydroxylation is 1. The zero-order valence-electron chi connectivity index (χ0n) is 20.9. The molecule has 0 fully saturated rings. The molecule has 36 heavy (non-hydrogen) atoms. The monoisotopic (exact) mass is 494 g/mol. The number of hydrogen-bond donors (Lipinski definition) is 4. The van der Waals surface area contributed by atoms with Gasteiger partial charge in [-0.2, -0.15) is 0 Å². The van der Waals surface area contributed by atoms with Crippen LogP contribution in [0.1, 0.15) is 48.2 Å². The number of para-hydroxylation sites is 1. The number of carbonyl (C=O) groups is 4. The van der Waals surface area contributed by atoms with Crippen LogP contribution in [0.5, 0.6) is 5.75 Å². The van der Waals surface area contributed by atoms with E-state index in [-0.39, 0.29) is 43.5 Å². The molecule has 0 bridgehead atoms. The lowest BCUT2D eigenvalue weighted by atomic mass is 10.0. The molecule has 9 nitrogen and oxygen atoms in total. The summed E-state index contributed by atoms with van der Waals surface area (Å²) in [5.41, 5.74) is 2.17. The summed E-state index contributed by atoms with van der Waals surface area (Å²) >= 11 is 0. The van der Waals surface area contributed by atoms with E-state index >= 15 is 0 Å². The maximum Gasteiger partial charge on any atom is 0.255 e. The Balaban J connectivity index is 1.85. The van der Waals surface area contributed by atoms with Gasteiger partial charge in [0.25, 0.3) is 5.91 Å². The van der Waals surface area contributed by atoms with E-state index in [1.807, 2.05) is 45.0 Å². The van der Waals surface area contributed by atoms with Crippen molar-refractivity contribution >= 4 is 23.6 Å². The second-order valence-electron chi connectivity index (χ2n) is 9.26. The Labute approximate surface area is 211 Å². The van der Waals surface area contributed by atoms with Gasteiger partial charge in [-0.1, -0.05) is 50.2 Å². The first kappa shape index (κ1) is 26.7. The predicted molar refractivity (Wildman–Crippen MR) is 135 cm³/mol. The summed E-state index contributed by atoms with van der Waals surface area (Å²) in [4.78, 5) is 51.9. The van der Waals surface area contributed by atoms with Crippen LogP contribution < -0.4 is 26.0 Å². The van der Waals surface area contributed by atoms with Crippen LogP contribution in [0, 0.1) is 12.8 Å². The van der Waals surface area contributed by atoms with Crippen LogP contribution in [0.25, 0.3) is 0 Å². The fourth-order valence-electron chi connectivity index (χ4n) is 3.94. The molecular formula is C27H34N4O5. The molecule has 4 amide bonds. The second kappa shape index (κ2) is 12.7. The minimum atomic E-state index is -1.15. The topological polar surface area (TPSA) is 126 Å². The molecule has 1 aliphatic heterocycles. The molecule has 2 atom stereocenters. The van der Waals surface area contributed by atoms with Crippen LogP contribution in [0.4, 0.5) is 0 Å². The molecule has 0 radical (unpaired) electrons. The van der Waals surface area contributed by atoms with E-state index in [2.05, 4.69) is 21.3 Å². The fraction of sp³-hybridized carbons (Fsp3) is 0.407. The quantitative estimate of drug-likeness (QED) is 0.505. The van der Waals surface area contributed by atoms with E-state index in [0.717, 1.165) is 11.1 Å². The van der Waals surface area contributed by atoms with Gasteiger partial charge < -0.3 is 26.0 Å². The summed E-state index contributed by atoms with van der Waals surface area (Å²) in [6.07, 6.45) is 0.105. The van der Waals surface area contributed by atoms with Gasteiger partial charge in [-0.05, 0) is 42.5 Å². The first-order valence-corrected chi connectivity index (χ1v) is 12.2. The molecule has 192 valence electrons. The zero-order chi connectivity index (χ0) is 26.1. The van der Waals surface area contributed by atoms with Gasteiger partial charge in [0, 0.05) is 6.54 Å². The summed E-state index contributed by atoms with van der Waals surface area (Å²) in [6.45, 7) is 6.44. The summed E-state index contributed by atoms with van der Waals surface area (Å²) < 4.78 is 5.74. The molecule has 2 aromatic carbocycles. The maximum absolute atomic E-state index is 13.1. The van der Waals surface area contributed by atoms with E-state index in [1.54, 1.807) is 24.3 Å². The minimum absolute atomic E-state index is 0.138. The molecule has 0 spiro atoms. The van der Waals surface area contributed by atoms with Gasteiger partial charge in [-0.15, -0.1) is 0 Å². The van der Waals surface area contributed by atoms with Crippen molar-refractivity contribution in [3.8, 4) is 5.75 Å². The SMILES string of the molecule is Cc1ccccc1CNC(=O)[C@@H]1CC(=O)N[C@H](CC(C)C)C(=O)NCCOc2ccccc2C(=O)N1. The predicted octanol–water partition coefficient (Wildman–Crippen LogP) is 1.84. The van der Waals surface area contributed by atoms with Crippen molar-refractivity contribution in [2.75, 3.05) is 13.2 Å². The molecule has 0 saturated heterocycles. The lowest BCUT2D eigenvalue weighted by Gasteiger charge is -2.24. The molecule has 3 rings (SSSR count). The molecule has 1 aliphatic rings. The smallest absolute Gasteiger partial charge is 0.255 e. The van der Waals surface area contributed by atoms with Gasteiger partial charge in [0.05, 0.1) is 18.5 Å². The average Bonchev–Trinajstić information content (AvgIpc) is 2.84. The van der Waals surface area contributed by atoms with Gasteiger partial charge in [0.15, 0.2) is 0 Å². The van der Waals surface area contributed by atoms with Gasteiger partial charge in [0.2, 0.25) is 17.7 Å². The van der Waals surface area contributed by atoms with E-state index < -0.39 is 29.8 Å².